The Labute approximate surface area is 206 Å². The zero-order valence-electron chi connectivity index (χ0n) is 19.6. The number of benzene rings is 3. The fourth-order valence-electron chi connectivity index (χ4n) is 4.26. The first-order valence-corrected chi connectivity index (χ1v) is 11.5. The number of carbonyl (C=O) groups excluding carboxylic acids is 1. The normalized spacial score (nSPS) is 11.2. The Kier molecular flexibility index (Phi) is 6.25. The van der Waals surface area contributed by atoms with Gasteiger partial charge in [-0.05, 0) is 54.8 Å². The fourth-order valence-corrected chi connectivity index (χ4v) is 4.26. The molecule has 3 N–H and O–H groups in total. The van der Waals surface area contributed by atoms with Crippen LogP contribution in [-0.4, -0.2) is 20.7 Å². The molecule has 1 amide bonds. The molecule has 5 rings (SSSR count). The quantitative estimate of drug-likeness (QED) is 0.287. The summed E-state index contributed by atoms with van der Waals surface area (Å²) in [6, 6.07) is 17.0. The molecule has 0 atom stereocenters. The van der Waals surface area contributed by atoms with Gasteiger partial charge < -0.3 is 15.5 Å². The van der Waals surface area contributed by atoms with E-state index in [9.17, 15) is 13.6 Å². The van der Waals surface area contributed by atoms with Crippen LogP contribution in [0.2, 0.25) is 0 Å². The number of rotatable bonds is 8. The van der Waals surface area contributed by atoms with Crippen LogP contribution in [0, 0.1) is 18.6 Å². The average Bonchev–Trinajstić information content (AvgIpc) is 3.51. The molecule has 0 aliphatic rings. The smallest absolute Gasteiger partial charge is 0.217 e. The first kappa shape index (κ1) is 23.3. The lowest BCUT2D eigenvalue weighted by molar-refractivity contribution is -0.117. The Balaban J connectivity index is 1.37. The van der Waals surface area contributed by atoms with Gasteiger partial charge in [0.15, 0.2) is 11.6 Å². The molecule has 0 spiro atoms. The predicted octanol–water partition coefficient (Wildman–Crippen LogP) is 5.88. The lowest BCUT2D eigenvalue weighted by Gasteiger charge is -2.12. The van der Waals surface area contributed by atoms with E-state index in [0.29, 0.717) is 35.5 Å². The molecule has 8 heteroatoms. The van der Waals surface area contributed by atoms with Crippen molar-refractivity contribution < 1.29 is 18.3 Å². The zero-order valence-corrected chi connectivity index (χ0v) is 19.6. The molecule has 2 aromatic heterocycles. The lowest BCUT2D eigenvalue weighted by atomic mass is 10.1. The van der Waals surface area contributed by atoms with Crippen molar-refractivity contribution in [3.05, 3.63) is 101 Å². The van der Waals surface area contributed by atoms with Crippen LogP contribution in [-0.2, 0) is 17.8 Å². The van der Waals surface area contributed by atoms with Gasteiger partial charge in [-0.3, -0.25) is 9.48 Å². The third kappa shape index (κ3) is 4.84. The second-order valence-corrected chi connectivity index (χ2v) is 8.68. The number of hydrogen-bond acceptors (Lipinski definition) is 3. The number of ether oxygens (including phenoxy) is 1. The van der Waals surface area contributed by atoms with Crippen molar-refractivity contribution in [3.63, 3.8) is 0 Å². The summed E-state index contributed by atoms with van der Waals surface area (Å²) in [6.45, 7) is 2.26. The molecule has 6 nitrogen and oxygen atoms in total. The van der Waals surface area contributed by atoms with E-state index in [2.05, 4.69) is 10.1 Å². The maximum absolute atomic E-state index is 14.7. The minimum absolute atomic E-state index is 0.0985. The molecule has 182 valence electrons. The highest BCUT2D eigenvalue weighted by Gasteiger charge is 2.16. The van der Waals surface area contributed by atoms with Gasteiger partial charge in [0.05, 0.1) is 12.2 Å². The summed E-state index contributed by atoms with van der Waals surface area (Å²) in [5.41, 5.74) is 9.27. The predicted molar refractivity (Wildman–Crippen MR) is 134 cm³/mol. The maximum atomic E-state index is 14.7. The molecule has 0 fully saturated rings. The highest BCUT2D eigenvalue weighted by molar-refractivity contribution is 5.85. The van der Waals surface area contributed by atoms with E-state index in [0.717, 1.165) is 16.5 Å². The Morgan fingerprint density at radius 2 is 1.89 bits per heavy atom. The number of fused-ring (bicyclic) bond motifs is 1. The van der Waals surface area contributed by atoms with Gasteiger partial charge in [0, 0.05) is 46.9 Å². The summed E-state index contributed by atoms with van der Waals surface area (Å²) in [6.07, 6.45) is 4.37. The number of halogens is 2. The van der Waals surface area contributed by atoms with E-state index in [1.54, 1.807) is 30.1 Å². The zero-order chi connectivity index (χ0) is 25.2. The van der Waals surface area contributed by atoms with E-state index in [-0.39, 0.29) is 23.6 Å². The van der Waals surface area contributed by atoms with Gasteiger partial charge in [-0.25, -0.2) is 8.78 Å². The Morgan fingerprint density at radius 3 is 2.72 bits per heavy atom. The number of nitrogens with one attached hydrogen (secondary N) is 1. The molecule has 0 saturated heterocycles. The number of hydrogen-bond donors (Lipinski definition) is 2. The number of nitrogens with two attached hydrogens (primary N) is 1. The second-order valence-electron chi connectivity index (χ2n) is 8.68. The van der Waals surface area contributed by atoms with Gasteiger partial charge in [-0.15, -0.1) is 0 Å². The fraction of sp³-hybridized carbons (Fsp3) is 0.143. The summed E-state index contributed by atoms with van der Waals surface area (Å²) < 4.78 is 37.0. The van der Waals surface area contributed by atoms with Crippen LogP contribution in [0.25, 0.3) is 22.2 Å². The van der Waals surface area contributed by atoms with Crippen molar-refractivity contribution in [3.8, 4) is 22.8 Å². The summed E-state index contributed by atoms with van der Waals surface area (Å²) in [7, 11) is 0. The Bertz CT molecular complexity index is 1570. The van der Waals surface area contributed by atoms with Crippen LogP contribution in [0.1, 0.15) is 23.1 Å². The Morgan fingerprint density at radius 1 is 1.06 bits per heavy atom. The molecular formula is C28H24F2N4O2. The standard InChI is InChI=1S/C28H24F2N4O2/c1-17-21-9-11-32-26(21)15-24(30)28(17)36-20-6-7-23(29)22(14-20)25-10-12-34(33-25)16-19-4-2-3-18(13-19)5-8-27(31)35/h2-4,6-7,9-15,32H,5,8,16H2,1H3,(H2,31,35). The highest BCUT2D eigenvalue weighted by Crippen LogP contribution is 2.35. The number of carbonyl (C=O) groups is 1. The van der Waals surface area contributed by atoms with Crippen LogP contribution in [0.4, 0.5) is 8.78 Å². The van der Waals surface area contributed by atoms with E-state index in [1.807, 2.05) is 30.3 Å². The maximum Gasteiger partial charge on any atom is 0.217 e. The number of primary amides is 1. The van der Waals surface area contributed by atoms with Crippen molar-refractivity contribution in [2.24, 2.45) is 5.73 Å². The molecule has 0 aliphatic carbocycles. The first-order valence-electron chi connectivity index (χ1n) is 11.5. The Hall–Kier alpha value is -4.46. The molecule has 36 heavy (non-hydrogen) atoms. The van der Waals surface area contributed by atoms with Crippen LogP contribution in [0.3, 0.4) is 0 Å². The van der Waals surface area contributed by atoms with Gasteiger partial charge in [0.2, 0.25) is 5.91 Å². The largest absolute Gasteiger partial charge is 0.454 e. The minimum Gasteiger partial charge on any atom is -0.454 e. The van der Waals surface area contributed by atoms with Gasteiger partial charge in [-0.1, -0.05) is 24.3 Å². The van der Waals surface area contributed by atoms with Gasteiger partial charge in [-0.2, -0.15) is 5.10 Å². The van der Waals surface area contributed by atoms with Crippen LogP contribution in [0.5, 0.6) is 11.5 Å². The topological polar surface area (TPSA) is 85.9 Å². The highest BCUT2D eigenvalue weighted by atomic mass is 19.1. The van der Waals surface area contributed by atoms with E-state index >= 15 is 0 Å². The lowest BCUT2D eigenvalue weighted by Crippen LogP contribution is -2.11. The van der Waals surface area contributed by atoms with Gasteiger partial charge >= 0.3 is 0 Å². The van der Waals surface area contributed by atoms with Crippen molar-refractivity contribution in [1.29, 1.82) is 0 Å². The minimum atomic E-state index is -0.504. The molecule has 0 radical (unpaired) electrons. The number of aryl methyl sites for hydroxylation is 2. The number of amides is 1. The molecule has 0 saturated carbocycles. The van der Waals surface area contributed by atoms with Gasteiger partial charge in [0.1, 0.15) is 11.6 Å². The number of aromatic nitrogens is 3. The number of aromatic amines is 1. The van der Waals surface area contributed by atoms with E-state index < -0.39 is 11.6 Å². The van der Waals surface area contributed by atoms with E-state index in [1.165, 1.54) is 24.3 Å². The van der Waals surface area contributed by atoms with Gasteiger partial charge in [0.25, 0.3) is 0 Å². The third-order valence-corrected chi connectivity index (χ3v) is 6.08. The molecule has 0 bridgehead atoms. The molecule has 0 unspecified atom stereocenters. The first-order chi connectivity index (χ1) is 17.4. The molecular weight excluding hydrogens is 462 g/mol. The molecule has 5 aromatic rings. The van der Waals surface area contributed by atoms with Crippen molar-refractivity contribution in [2.45, 2.75) is 26.3 Å². The van der Waals surface area contributed by atoms with E-state index in [4.69, 9.17) is 10.5 Å². The summed E-state index contributed by atoms with van der Waals surface area (Å²) in [4.78, 5) is 14.1. The van der Waals surface area contributed by atoms with Crippen LogP contribution in [0.15, 0.2) is 73.1 Å². The SMILES string of the molecule is Cc1c(Oc2ccc(F)c(-c3ccn(Cc4cccc(CCC(N)=O)c4)n3)c2)c(F)cc2[nH]ccc12. The summed E-state index contributed by atoms with van der Waals surface area (Å²) in [5, 5.41) is 5.38. The summed E-state index contributed by atoms with van der Waals surface area (Å²) in [5.74, 6) is -0.898. The molecule has 0 aliphatic heterocycles. The van der Waals surface area contributed by atoms with Crippen molar-refractivity contribution >= 4 is 16.8 Å². The number of nitrogens with zero attached hydrogens (tertiary/aromatic N) is 2. The molecule has 3 aromatic carbocycles. The van der Waals surface area contributed by atoms with Crippen molar-refractivity contribution in [1.82, 2.24) is 14.8 Å². The van der Waals surface area contributed by atoms with Crippen LogP contribution < -0.4 is 10.5 Å². The number of H-pyrrole nitrogens is 1. The second kappa shape index (κ2) is 9.65. The monoisotopic (exact) mass is 486 g/mol. The van der Waals surface area contributed by atoms with Crippen molar-refractivity contribution in [2.75, 3.05) is 0 Å². The molecule has 2 heterocycles. The third-order valence-electron chi connectivity index (χ3n) is 6.08. The average molecular weight is 487 g/mol. The summed E-state index contributed by atoms with van der Waals surface area (Å²) >= 11 is 0. The van der Waals surface area contributed by atoms with Crippen LogP contribution >= 0.6 is 0 Å².